The Labute approximate surface area is 150 Å². The minimum Gasteiger partial charge on any atom is -0.855 e. The molecular weight excluding hydrogens is 339 g/mol. The monoisotopic (exact) mass is 366 g/mol. The molecular formula is C18H28O2Zr. The van der Waals surface area contributed by atoms with Crippen LogP contribution in [0.4, 0.5) is 0 Å². The molecule has 0 N–H and O–H groups in total. The molecule has 0 aromatic rings. The maximum atomic E-state index is 8.93. The van der Waals surface area contributed by atoms with Crippen molar-refractivity contribution in [3.63, 3.8) is 0 Å². The first-order chi connectivity index (χ1) is 9.44. The summed E-state index contributed by atoms with van der Waals surface area (Å²) >= 11 is 0. The van der Waals surface area contributed by atoms with E-state index in [9.17, 15) is 0 Å². The van der Waals surface area contributed by atoms with Crippen LogP contribution in [0.15, 0.2) is 34.4 Å². The van der Waals surface area contributed by atoms with Crippen molar-refractivity contribution in [3.05, 3.63) is 46.6 Å². The van der Waals surface area contributed by atoms with Gasteiger partial charge < -0.3 is 10.2 Å². The fourth-order valence-electron chi connectivity index (χ4n) is 1.30. The van der Waals surface area contributed by atoms with Crippen molar-refractivity contribution in [2.45, 2.75) is 54.4 Å². The van der Waals surface area contributed by atoms with Crippen LogP contribution < -0.4 is 10.2 Å². The van der Waals surface area contributed by atoms with Gasteiger partial charge in [-0.1, -0.05) is 27.7 Å². The van der Waals surface area contributed by atoms with Crippen LogP contribution in [-0.4, -0.2) is 13.2 Å². The Kier molecular flexibility index (Phi) is 21.8. The van der Waals surface area contributed by atoms with Crippen molar-refractivity contribution in [2.75, 3.05) is 13.2 Å². The van der Waals surface area contributed by atoms with E-state index in [0.29, 0.717) is 0 Å². The van der Waals surface area contributed by atoms with E-state index in [1.807, 2.05) is 0 Å². The van der Waals surface area contributed by atoms with Gasteiger partial charge in [-0.2, -0.15) is 12.2 Å². The molecule has 2 aliphatic carbocycles. The van der Waals surface area contributed by atoms with E-state index < -0.39 is 0 Å². The second-order valence-corrected chi connectivity index (χ2v) is 4.36. The topological polar surface area (TPSA) is 46.1 Å². The molecule has 0 unspecified atom stereocenters. The summed E-state index contributed by atoms with van der Waals surface area (Å²) in [5.74, 6) is 0. The maximum Gasteiger partial charge on any atom is 4.00 e. The molecule has 3 heteroatoms. The molecule has 0 spiro atoms. The van der Waals surface area contributed by atoms with Crippen LogP contribution >= 0.6 is 0 Å². The largest absolute Gasteiger partial charge is 4.00 e. The third-order valence-electron chi connectivity index (χ3n) is 2.73. The number of rotatable bonds is 0. The quantitative estimate of drug-likeness (QED) is 0.618. The molecule has 0 fully saturated rings. The van der Waals surface area contributed by atoms with E-state index in [1.165, 1.54) is 22.3 Å². The van der Waals surface area contributed by atoms with Gasteiger partial charge in [-0.3, -0.25) is 12.2 Å². The Morgan fingerprint density at radius 3 is 1.10 bits per heavy atom. The third kappa shape index (κ3) is 16.0. The molecule has 0 saturated carbocycles. The van der Waals surface area contributed by atoms with Crippen molar-refractivity contribution in [1.29, 1.82) is 0 Å². The zero-order chi connectivity index (χ0) is 16.0. The zero-order valence-electron chi connectivity index (χ0n) is 14.3. The summed E-state index contributed by atoms with van der Waals surface area (Å²) in [7, 11) is 0. The Balaban J connectivity index is -0.000000220. The van der Waals surface area contributed by atoms with Gasteiger partial charge in [-0.15, -0.1) is 39.9 Å². The van der Waals surface area contributed by atoms with E-state index in [1.54, 1.807) is 13.8 Å². The number of hydrogen-bond donors (Lipinski definition) is 0. The average Bonchev–Trinajstić information content (AvgIpc) is 2.93. The average molecular weight is 368 g/mol. The van der Waals surface area contributed by atoms with Crippen LogP contribution in [0.5, 0.6) is 0 Å². The summed E-state index contributed by atoms with van der Waals surface area (Å²) in [6.07, 6.45) is 12.8. The predicted molar refractivity (Wildman–Crippen MR) is 82.7 cm³/mol. The fourth-order valence-corrected chi connectivity index (χ4v) is 1.30. The van der Waals surface area contributed by atoms with Crippen LogP contribution in [0.1, 0.15) is 54.4 Å². The maximum absolute atomic E-state index is 8.93. The van der Waals surface area contributed by atoms with E-state index in [-0.39, 0.29) is 39.4 Å². The smallest absolute Gasteiger partial charge is 0.855 e. The molecule has 0 saturated heterocycles. The van der Waals surface area contributed by atoms with Gasteiger partial charge in [0.2, 0.25) is 0 Å². The summed E-state index contributed by atoms with van der Waals surface area (Å²) in [4.78, 5) is 0. The predicted octanol–water partition coefficient (Wildman–Crippen LogP) is 2.90. The summed E-state index contributed by atoms with van der Waals surface area (Å²) in [5, 5.41) is 17.9. The Morgan fingerprint density at radius 1 is 0.810 bits per heavy atom. The first-order valence-corrected chi connectivity index (χ1v) is 7.09. The molecule has 0 heterocycles. The normalized spacial score (nSPS) is 14.5. The van der Waals surface area contributed by atoms with Crippen LogP contribution in [0.2, 0.25) is 0 Å². The molecule has 0 atom stereocenters. The van der Waals surface area contributed by atoms with Crippen molar-refractivity contribution in [3.8, 4) is 0 Å². The summed E-state index contributed by atoms with van der Waals surface area (Å²) in [6, 6.07) is 0. The minimum atomic E-state index is 0. The van der Waals surface area contributed by atoms with Gasteiger partial charge >= 0.3 is 26.2 Å². The van der Waals surface area contributed by atoms with E-state index in [4.69, 9.17) is 10.2 Å². The van der Waals surface area contributed by atoms with Gasteiger partial charge in [0, 0.05) is 0 Å². The molecule has 116 valence electrons. The molecule has 0 aromatic heterocycles. The zero-order valence-corrected chi connectivity index (χ0v) is 16.8. The molecule has 2 rings (SSSR count). The molecule has 0 aliphatic heterocycles. The Hall–Kier alpha value is -0.237. The molecule has 0 aromatic carbocycles. The summed E-state index contributed by atoms with van der Waals surface area (Å²) < 4.78 is 0. The molecule has 0 bridgehead atoms. The van der Waals surface area contributed by atoms with E-state index in [0.717, 1.165) is 12.8 Å². The van der Waals surface area contributed by atoms with E-state index in [2.05, 4.69) is 52.0 Å². The van der Waals surface area contributed by atoms with Gasteiger partial charge in [0.15, 0.2) is 0 Å². The molecule has 2 aliphatic rings. The standard InChI is InChI=1S/2C7H9.2C2H5O.Zr/c2*1-6-4-3-5-7(6)2;2*1-2-3;/h2*4H,3H2,1-2H3;2*2H2,1H3;/q4*-1;+4. The second-order valence-electron chi connectivity index (χ2n) is 4.36. The van der Waals surface area contributed by atoms with Crippen LogP contribution in [0.25, 0.3) is 0 Å². The SMILES string of the molecule is CC1=[C-]CC=C1C.CC1=[C-]CC=C1C.CC[O-].CC[O-].[Zr+4]. The van der Waals surface area contributed by atoms with Gasteiger partial charge in [0.1, 0.15) is 0 Å². The van der Waals surface area contributed by atoms with Crippen molar-refractivity contribution in [1.82, 2.24) is 0 Å². The third-order valence-corrected chi connectivity index (χ3v) is 2.73. The van der Waals surface area contributed by atoms with Crippen LogP contribution in [0.3, 0.4) is 0 Å². The summed E-state index contributed by atoms with van der Waals surface area (Å²) in [6.45, 7) is 11.6. The van der Waals surface area contributed by atoms with Crippen molar-refractivity contribution < 1.29 is 36.4 Å². The summed E-state index contributed by atoms with van der Waals surface area (Å²) in [5.41, 5.74) is 5.42. The van der Waals surface area contributed by atoms with Gasteiger partial charge in [-0.25, -0.2) is 22.3 Å². The van der Waals surface area contributed by atoms with E-state index >= 15 is 0 Å². The van der Waals surface area contributed by atoms with Crippen molar-refractivity contribution >= 4 is 0 Å². The Bertz CT molecular complexity index is 295. The van der Waals surface area contributed by atoms with Gasteiger partial charge in [-0.05, 0) is 0 Å². The number of allylic oxidation sites excluding steroid dienone is 8. The molecule has 0 amide bonds. The Morgan fingerprint density at radius 2 is 1.05 bits per heavy atom. The fraction of sp³-hybridized carbons (Fsp3) is 0.556. The first-order valence-electron chi connectivity index (χ1n) is 7.09. The molecule has 21 heavy (non-hydrogen) atoms. The molecule has 2 nitrogen and oxygen atoms in total. The minimum absolute atomic E-state index is 0. The first kappa shape index (κ1) is 25.7. The van der Waals surface area contributed by atoms with Crippen molar-refractivity contribution in [2.24, 2.45) is 0 Å². The van der Waals surface area contributed by atoms with Gasteiger partial charge in [0.25, 0.3) is 0 Å². The van der Waals surface area contributed by atoms with Crippen LogP contribution in [0, 0.1) is 12.2 Å². The van der Waals surface area contributed by atoms with Gasteiger partial charge in [0.05, 0.1) is 0 Å². The second kappa shape index (κ2) is 17.8. The van der Waals surface area contributed by atoms with Crippen LogP contribution in [-0.2, 0) is 26.2 Å². The number of hydrogen-bond acceptors (Lipinski definition) is 2. The molecule has 0 radical (unpaired) electrons.